The van der Waals surface area contributed by atoms with Crippen LogP contribution in [0, 0.1) is 5.82 Å². The third-order valence-electron chi connectivity index (χ3n) is 2.61. The van der Waals surface area contributed by atoms with Gasteiger partial charge < -0.3 is 11.1 Å². The highest BCUT2D eigenvalue weighted by atomic mass is 19.1. The van der Waals surface area contributed by atoms with Crippen molar-refractivity contribution in [1.29, 1.82) is 0 Å². The molecule has 1 aromatic rings. The van der Waals surface area contributed by atoms with Gasteiger partial charge in [-0.15, -0.1) is 0 Å². The number of hydrogen-bond donors (Lipinski definition) is 2. The summed E-state index contributed by atoms with van der Waals surface area (Å²) in [5, 5.41) is 2.83. The number of amides is 1. The van der Waals surface area contributed by atoms with Gasteiger partial charge in [-0.1, -0.05) is 12.2 Å². The molecule has 0 heterocycles. The summed E-state index contributed by atoms with van der Waals surface area (Å²) in [5.41, 5.74) is 5.69. The summed E-state index contributed by atoms with van der Waals surface area (Å²) in [6.45, 7) is 0. The SMILES string of the molecule is Nc1ccc(C(=O)NC2CC=CC2)cc1F. The number of nitrogens with one attached hydrogen (secondary N) is 1. The van der Waals surface area contributed by atoms with Crippen LogP contribution in [0.1, 0.15) is 23.2 Å². The number of rotatable bonds is 2. The van der Waals surface area contributed by atoms with E-state index in [1.165, 1.54) is 12.1 Å². The second-order valence-electron chi connectivity index (χ2n) is 3.85. The molecule has 0 unspecified atom stereocenters. The van der Waals surface area contributed by atoms with E-state index < -0.39 is 5.82 Å². The molecule has 1 aliphatic rings. The van der Waals surface area contributed by atoms with E-state index in [1.807, 2.05) is 12.2 Å². The fourth-order valence-corrected chi connectivity index (χ4v) is 1.67. The number of carbonyl (C=O) groups is 1. The van der Waals surface area contributed by atoms with Crippen LogP contribution < -0.4 is 11.1 Å². The maximum absolute atomic E-state index is 13.1. The highest BCUT2D eigenvalue weighted by molar-refractivity contribution is 5.94. The molecule has 1 amide bonds. The summed E-state index contributed by atoms with van der Waals surface area (Å²) in [7, 11) is 0. The highest BCUT2D eigenvalue weighted by Gasteiger charge is 2.15. The Morgan fingerprint density at radius 3 is 2.69 bits per heavy atom. The molecular weight excluding hydrogens is 207 g/mol. The molecule has 3 N–H and O–H groups in total. The lowest BCUT2D eigenvalue weighted by atomic mass is 10.1. The molecule has 0 saturated carbocycles. The van der Waals surface area contributed by atoms with E-state index in [2.05, 4.69) is 5.32 Å². The average molecular weight is 220 g/mol. The van der Waals surface area contributed by atoms with Gasteiger partial charge in [0.1, 0.15) is 5.82 Å². The smallest absolute Gasteiger partial charge is 0.251 e. The van der Waals surface area contributed by atoms with Crippen LogP contribution in [0.3, 0.4) is 0 Å². The Balaban J connectivity index is 2.05. The first-order chi connectivity index (χ1) is 7.66. The van der Waals surface area contributed by atoms with Crippen molar-refractivity contribution in [2.45, 2.75) is 18.9 Å². The summed E-state index contributed by atoms with van der Waals surface area (Å²) in [4.78, 5) is 11.7. The van der Waals surface area contributed by atoms with E-state index in [0.29, 0.717) is 5.56 Å². The van der Waals surface area contributed by atoms with Crippen LogP contribution in [0.4, 0.5) is 10.1 Å². The van der Waals surface area contributed by atoms with Crippen LogP contribution in [0.15, 0.2) is 30.4 Å². The zero-order chi connectivity index (χ0) is 11.5. The monoisotopic (exact) mass is 220 g/mol. The van der Waals surface area contributed by atoms with Crippen LogP contribution in [0.5, 0.6) is 0 Å². The minimum atomic E-state index is -0.558. The van der Waals surface area contributed by atoms with E-state index in [4.69, 9.17) is 5.73 Å². The minimum absolute atomic E-state index is 0.0547. The fraction of sp³-hybridized carbons (Fsp3) is 0.250. The van der Waals surface area contributed by atoms with E-state index in [0.717, 1.165) is 18.9 Å². The molecule has 0 bridgehead atoms. The first-order valence-corrected chi connectivity index (χ1v) is 5.17. The van der Waals surface area contributed by atoms with Crippen molar-refractivity contribution >= 4 is 11.6 Å². The molecule has 0 atom stereocenters. The van der Waals surface area contributed by atoms with Gasteiger partial charge >= 0.3 is 0 Å². The first kappa shape index (κ1) is 10.7. The van der Waals surface area contributed by atoms with E-state index in [1.54, 1.807) is 0 Å². The van der Waals surface area contributed by atoms with Gasteiger partial charge in [0, 0.05) is 11.6 Å². The average Bonchev–Trinajstić information content (AvgIpc) is 2.74. The van der Waals surface area contributed by atoms with Gasteiger partial charge in [0.2, 0.25) is 0 Å². The molecule has 1 aliphatic carbocycles. The Morgan fingerprint density at radius 2 is 2.06 bits per heavy atom. The summed E-state index contributed by atoms with van der Waals surface area (Å²) in [5.74, 6) is -0.815. The Kier molecular flexibility index (Phi) is 2.90. The topological polar surface area (TPSA) is 55.1 Å². The summed E-state index contributed by atoms with van der Waals surface area (Å²) in [6.07, 6.45) is 5.72. The zero-order valence-electron chi connectivity index (χ0n) is 8.74. The van der Waals surface area contributed by atoms with E-state index in [-0.39, 0.29) is 17.6 Å². The molecule has 0 radical (unpaired) electrons. The van der Waals surface area contributed by atoms with Gasteiger partial charge in [0.15, 0.2) is 0 Å². The Labute approximate surface area is 93.1 Å². The standard InChI is InChI=1S/C12H13FN2O/c13-10-7-8(5-6-11(10)14)12(16)15-9-3-1-2-4-9/h1-2,5-7,9H,3-4,14H2,(H,15,16). The number of hydrogen-bond acceptors (Lipinski definition) is 2. The van der Waals surface area contributed by atoms with Crippen molar-refractivity contribution < 1.29 is 9.18 Å². The van der Waals surface area contributed by atoms with Crippen LogP contribution in [-0.4, -0.2) is 11.9 Å². The zero-order valence-corrected chi connectivity index (χ0v) is 8.74. The first-order valence-electron chi connectivity index (χ1n) is 5.17. The lowest BCUT2D eigenvalue weighted by molar-refractivity contribution is 0.0938. The van der Waals surface area contributed by atoms with Gasteiger partial charge in [-0.05, 0) is 31.0 Å². The van der Waals surface area contributed by atoms with Crippen molar-refractivity contribution in [3.8, 4) is 0 Å². The second kappa shape index (κ2) is 4.35. The third kappa shape index (κ3) is 2.21. The number of nitrogen functional groups attached to an aromatic ring is 1. The van der Waals surface area contributed by atoms with Crippen molar-refractivity contribution in [3.05, 3.63) is 41.7 Å². The van der Waals surface area contributed by atoms with Crippen LogP contribution in [0.25, 0.3) is 0 Å². The predicted molar refractivity (Wildman–Crippen MR) is 60.4 cm³/mol. The molecule has 16 heavy (non-hydrogen) atoms. The molecule has 4 heteroatoms. The third-order valence-corrected chi connectivity index (χ3v) is 2.61. The van der Waals surface area contributed by atoms with Crippen molar-refractivity contribution in [2.24, 2.45) is 0 Å². The van der Waals surface area contributed by atoms with Crippen LogP contribution >= 0.6 is 0 Å². The van der Waals surface area contributed by atoms with Gasteiger partial charge in [-0.3, -0.25) is 4.79 Å². The van der Waals surface area contributed by atoms with Gasteiger partial charge in [-0.2, -0.15) is 0 Å². The number of halogens is 1. The summed E-state index contributed by atoms with van der Waals surface area (Å²) in [6, 6.07) is 4.22. The number of anilines is 1. The number of benzene rings is 1. The molecule has 0 spiro atoms. The summed E-state index contributed by atoms with van der Waals surface area (Å²) < 4.78 is 13.1. The maximum Gasteiger partial charge on any atom is 0.251 e. The van der Waals surface area contributed by atoms with Gasteiger partial charge in [-0.25, -0.2) is 4.39 Å². The number of nitrogens with two attached hydrogens (primary N) is 1. The molecule has 0 saturated heterocycles. The Bertz CT molecular complexity index is 435. The molecule has 84 valence electrons. The molecule has 3 nitrogen and oxygen atoms in total. The minimum Gasteiger partial charge on any atom is -0.396 e. The predicted octanol–water partition coefficient (Wildman–Crippen LogP) is 1.86. The molecule has 2 rings (SSSR count). The Morgan fingerprint density at radius 1 is 1.38 bits per heavy atom. The fourth-order valence-electron chi connectivity index (χ4n) is 1.67. The lowest BCUT2D eigenvalue weighted by Crippen LogP contribution is -2.32. The summed E-state index contributed by atoms with van der Waals surface area (Å²) >= 11 is 0. The second-order valence-corrected chi connectivity index (χ2v) is 3.85. The highest BCUT2D eigenvalue weighted by Crippen LogP contribution is 2.14. The van der Waals surface area contributed by atoms with Gasteiger partial charge in [0.05, 0.1) is 5.69 Å². The van der Waals surface area contributed by atoms with Crippen molar-refractivity contribution in [2.75, 3.05) is 5.73 Å². The number of carbonyl (C=O) groups excluding carboxylic acids is 1. The van der Waals surface area contributed by atoms with Crippen molar-refractivity contribution in [1.82, 2.24) is 5.32 Å². The van der Waals surface area contributed by atoms with Gasteiger partial charge in [0.25, 0.3) is 5.91 Å². The van der Waals surface area contributed by atoms with Crippen LogP contribution in [0.2, 0.25) is 0 Å². The molecule has 1 aromatic carbocycles. The normalized spacial score (nSPS) is 15.3. The molecule has 0 aliphatic heterocycles. The van der Waals surface area contributed by atoms with E-state index in [9.17, 15) is 9.18 Å². The molecule has 0 fully saturated rings. The lowest BCUT2D eigenvalue weighted by Gasteiger charge is -2.12. The van der Waals surface area contributed by atoms with Crippen LogP contribution in [-0.2, 0) is 0 Å². The largest absolute Gasteiger partial charge is 0.396 e. The molecular formula is C12H13FN2O. The van der Waals surface area contributed by atoms with E-state index >= 15 is 0 Å². The quantitative estimate of drug-likeness (QED) is 0.590. The maximum atomic E-state index is 13.1. The van der Waals surface area contributed by atoms with Crippen molar-refractivity contribution in [3.63, 3.8) is 0 Å². The Hall–Kier alpha value is -1.84. The molecule has 0 aromatic heterocycles.